The van der Waals surface area contributed by atoms with Crippen LogP contribution in [0.2, 0.25) is 0 Å². The van der Waals surface area contributed by atoms with E-state index in [0.29, 0.717) is 11.7 Å². The van der Waals surface area contributed by atoms with E-state index >= 15 is 0 Å². The van der Waals surface area contributed by atoms with Crippen LogP contribution >= 0.6 is 11.6 Å². The van der Waals surface area contributed by atoms with Gasteiger partial charge in [0.25, 0.3) is 0 Å². The molecule has 2 bridgehead atoms. The van der Waals surface area contributed by atoms with E-state index in [1.165, 1.54) is 37.8 Å². The number of halogens is 2. The van der Waals surface area contributed by atoms with Gasteiger partial charge in [0.05, 0.1) is 12.5 Å². The van der Waals surface area contributed by atoms with E-state index in [0.717, 1.165) is 17.4 Å². The summed E-state index contributed by atoms with van der Waals surface area (Å²) in [6, 6.07) is 4.63. The summed E-state index contributed by atoms with van der Waals surface area (Å²) >= 11 is 6.62. The summed E-state index contributed by atoms with van der Waals surface area (Å²) in [4.78, 5) is 0. The van der Waals surface area contributed by atoms with E-state index < -0.39 is 0 Å². The van der Waals surface area contributed by atoms with Crippen LogP contribution in [0.15, 0.2) is 18.2 Å². The summed E-state index contributed by atoms with van der Waals surface area (Å²) in [5.41, 5.74) is 0.816. The van der Waals surface area contributed by atoms with Crippen LogP contribution in [0.3, 0.4) is 0 Å². The first-order chi connectivity index (χ1) is 8.69. The number of hydrogen-bond donors (Lipinski definition) is 0. The van der Waals surface area contributed by atoms with Crippen molar-refractivity contribution in [1.29, 1.82) is 0 Å². The Kier molecular flexibility index (Phi) is 3.23. The minimum Gasteiger partial charge on any atom is -0.496 e. The summed E-state index contributed by atoms with van der Waals surface area (Å²) < 4.78 is 18.7. The van der Waals surface area contributed by atoms with Gasteiger partial charge < -0.3 is 4.74 Å². The lowest BCUT2D eigenvalue weighted by molar-refractivity contribution is 0.317. The number of rotatable bonds is 3. The summed E-state index contributed by atoms with van der Waals surface area (Å²) in [5.74, 6) is 2.53. The molecule has 2 fully saturated rings. The third-order valence-corrected chi connectivity index (χ3v) is 5.22. The van der Waals surface area contributed by atoms with Gasteiger partial charge in [0.1, 0.15) is 11.6 Å². The summed E-state index contributed by atoms with van der Waals surface area (Å²) in [6.45, 7) is 0. The molecule has 0 radical (unpaired) electrons. The zero-order valence-corrected chi connectivity index (χ0v) is 11.3. The molecule has 0 aromatic heterocycles. The van der Waals surface area contributed by atoms with Crippen molar-refractivity contribution in [2.75, 3.05) is 7.11 Å². The fraction of sp³-hybridized carbons (Fsp3) is 0.600. The molecule has 1 aromatic carbocycles. The van der Waals surface area contributed by atoms with Crippen LogP contribution in [0.1, 0.15) is 36.6 Å². The fourth-order valence-electron chi connectivity index (χ4n) is 3.80. The van der Waals surface area contributed by atoms with Crippen LogP contribution in [-0.2, 0) is 0 Å². The molecule has 98 valence electrons. The highest BCUT2D eigenvalue weighted by molar-refractivity contribution is 6.21. The van der Waals surface area contributed by atoms with Crippen molar-refractivity contribution in [2.24, 2.45) is 17.8 Å². The van der Waals surface area contributed by atoms with Crippen molar-refractivity contribution in [2.45, 2.75) is 31.1 Å². The number of ether oxygens (including phenoxy) is 1. The van der Waals surface area contributed by atoms with Crippen molar-refractivity contribution in [3.05, 3.63) is 29.6 Å². The van der Waals surface area contributed by atoms with Crippen LogP contribution in [-0.4, -0.2) is 7.11 Å². The van der Waals surface area contributed by atoms with E-state index in [4.69, 9.17) is 16.3 Å². The van der Waals surface area contributed by atoms with Gasteiger partial charge >= 0.3 is 0 Å². The molecule has 2 aliphatic rings. The van der Waals surface area contributed by atoms with Crippen LogP contribution in [0.5, 0.6) is 5.75 Å². The maximum atomic E-state index is 13.4. The molecule has 0 aliphatic heterocycles. The quantitative estimate of drug-likeness (QED) is 0.731. The Hall–Kier alpha value is -0.760. The lowest BCUT2D eigenvalue weighted by Crippen LogP contribution is -2.16. The molecule has 0 heterocycles. The number of hydrogen-bond acceptors (Lipinski definition) is 1. The minimum atomic E-state index is -0.236. The smallest absolute Gasteiger partial charge is 0.123 e. The monoisotopic (exact) mass is 268 g/mol. The topological polar surface area (TPSA) is 9.23 Å². The molecule has 1 nitrogen and oxygen atoms in total. The number of alkyl halides is 1. The van der Waals surface area contributed by atoms with Crippen LogP contribution in [0, 0.1) is 23.6 Å². The van der Waals surface area contributed by atoms with Crippen LogP contribution in [0.4, 0.5) is 4.39 Å². The molecule has 18 heavy (non-hydrogen) atoms. The van der Waals surface area contributed by atoms with Crippen molar-refractivity contribution in [1.82, 2.24) is 0 Å². The van der Waals surface area contributed by atoms with Gasteiger partial charge in [0.2, 0.25) is 0 Å². The number of benzene rings is 1. The molecule has 0 spiro atoms. The highest BCUT2D eigenvalue weighted by Crippen LogP contribution is 2.55. The van der Waals surface area contributed by atoms with Crippen LogP contribution < -0.4 is 4.74 Å². The van der Waals surface area contributed by atoms with Crippen molar-refractivity contribution < 1.29 is 9.13 Å². The van der Waals surface area contributed by atoms with Gasteiger partial charge in [0, 0.05) is 5.56 Å². The highest BCUT2D eigenvalue weighted by atomic mass is 35.5. The second kappa shape index (κ2) is 4.73. The molecule has 3 rings (SSSR count). The predicted molar refractivity (Wildman–Crippen MR) is 70.5 cm³/mol. The molecular weight excluding hydrogens is 251 g/mol. The Morgan fingerprint density at radius 1 is 1.33 bits per heavy atom. The third-order valence-electron chi connectivity index (χ3n) is 4.66. The SMILES string of the molecule is COc1ccc(F)cc1C(Cl)C1CC2CCC1C2. The van der Waals surface area contributed by atoms with Gasteiger partial charge in [-0.05, 0) is 55.2 Å². The van der Waals surface area contributed by atoms with Crippen LogP contribution in [0.25, 0.3) is 0 Å². The maximum absolute atomic E-state index is 13.4. The summed E-state index contributed by atoms with van der Waals surface area (Å²) in [7, 11) is 1.61. The molecule has 2 aliphatic carbocycles. The van der Waals surface area contributed by atoms with Gasteiger partial charge in [0.15, 0.2) is 0 Å². The molecule has 0 saturated heterocycles. The standard InChI is InChI=1S/C15H18ClFO/c1-18-14-5-4-11(17)8-13(14)15(16)12-7-9-2-3-10(12)6-9/h4-5,8-10,12,15H,2-3,6-7H2,1H3. The zero-order valence-electron chi connectivity index (χ0n) is 10.5. The van der Waals surface area contributed by atoms with Crippen molar-refractivity contribution in [3.8, 4) is 5.75 Å². The Morgan fingerprint density at radius 2 is 2.17 bits per heavy atom. The Labute approximate surface area is 112 Å². The van der Waals surface area contributed by atoms with E-state index in [9.17, 15) is 4.39 Å². The third kappa shape index (κ3) is 2.01. The Morgan fingerprint density at radius 3 is 2.78 bits per heavy atom. The van der Waals surface area contributed by atoms with E-state index in [1.807, 2.05) is 0 Å². The van der Waals surface area contributed by atoms with Gasteiger partial charge in [-0.3, -0.25) is 0 Å². The number of methoxy groups -OCH3 is 1. The molecule has 1 aromatic rings. The summed E-state index contributed by atoms with van der Waals surface area (Å²) in [5, 5.41) is -0.119. The minimum absolute atomic E-state index is 0.119. The van der Waals surface area contributed by atoms with Gasteiger partial charge in [-0.25, -0.2) is 4.39 Å². The van der Waals surface area contributed by atoms with Crippen molar-refractivity contribution in [3.63, 3.8) is 0 Å². The molecule has 3 heteroatoms. The first-order valence-corrected chi connectivity index (χ1v) is 7.10. The first-order valence-electron chi connectivity index (χ1n) is 6.66. The lowest BCUT2D eigenvalue weighted by Gasteiger charge is -2.27. The molecule has 0 N–H and O–H groups in total. The van der Waals surface area contributed by atoms with E-state index in [2.05, 4.69) is 0 Å². The average molecular weight is 269 g/mol. The summed E-state index contributed by atoms with van der Waals surface area (Å²) in [6.07, 6.45) is 5.14. The van der Waals surface area contributed by atoms with Gasteiger partial charge in [-0.2, -0.15) is 0 Å². The normalized spacial score (nSPS) is 31.6. The Bertz CT molecular complexity index is 448. The number of fused-ring (bicyclic) bond motifs is 2. The highest BCUT2D eigenvalue weighted by Gasteiger charge is 2.43. The fourth-order valence-corrected chi connectivity index (χ4v) is 4.28. The average Bonchev–Trinajstić information content (AvgIpc) is 3.00. The van der Waals surface area contributed by atoms with Gasteiger partial charge in [-0.1, -0.05) is 6.42 Å². The lowest BCUT2D eigenvalue weighted by atomic mass is 9.83. The largest absolute Gasteiger partial charge is 0.496 e. The van der Waals surface area contributed by atoms with Gasteiger partial charge in [-0.15, -0.1) is 11.6 Å². The maximum Gasteiger partial charge on any atom is 0.123 e. The predicted octanol–water partition coefficient (Wildman–Crippen LogP) is 4.55. The molecule has 4 unspecified atom stereocenters. The second-order valence-electron chi connectivity index (χ2n) is 5.63. The Balaban J connectivity index is 1.87. The van der Waals surface area contributed by atoms with E-state index in [-0.39, 0.29) is 11.2 Å². The molecular formula is C15H18ClFO. The first kappa shape index (κ1) is 12.3. The van der Waals surface area contributed by atoms with Crippen molar-refractivity contribution >= 4 is 11.6 Å². The molecule has 0 amide bonds. The molecule has 2 saturated carbocycles. The second-order valence-corrected chi connectivity index (χ2v) is 6.10. The molecule has 4 atom stereocenters. The van der Waals surface area contributed by atoms with E-state index in [1.54, 1.807) is 13.2 Å². The zero-order chi connectivity index (χ0) is 12.7.